The highest BCUT2D eigenvalue weighted by Gasteiger charge is 2.13. The van der Waals surface area contributed by atoms with E-state index in [9.17, 15) is 9.59 Å². The molecule has 26 heavy (non-hydrogen) atoms. The third-order valence-electron chi connectivity index (χ3n) is 4.02. The second kappa shape index (κ2) is 7.25. The number of methoxy groups -OCH3 is 1. The molecule has 0 radical (unpaired) electrons. The van der Waals surface area contributed by atoms with Gasteiger partial charge in [0.2, 0.25) is 0 Å². The highest BCUT2D eigenvalue weighted by Crippen LogP contribution is 2.19. The monoisotopic (exact) mass is 368 g/mol. The molecular weight excluding hydrogens is 348 g/mol. The van der Waals surface area contributed by atoms with Crippen LogP contribution >= 0.6 is 11.3 Å². The lowest BCUT2D eigenvalue weighted by Gasteiger charge is -2.04. The molecule has 2 aromatic carbocycles. The number of fused-ring (bicyclic) bond motifs is 1. The van der Waals surface area contributed by atoms with Crippen molar-refractivity contribution in [1.82, 2.24) is 4.57 Å². The Hall–Kier alpha value is -2.73. The zero-order valence-electron chi connectivity index (χ0n) is 15.2. The maximum Gasteiger partial charge on any atom is 0.325 e. The summed E-state index contributed by atoms with van der Waals surface area (Å²) in [5.41, 5.74) is 4.53. The van der Waals surface area contributed by atoms with Crippen molar-refractivity contribution in [2.24, 2.45) is 4.99 Å². The minimum atomic E-state index is -0.384. The summed E-state index contributed by atoms with van der Waals surface area (Å²) in [6.07, 6.45) is 0. The van der Waals surface area contributed by atoms with Gasteiger partial charge in [-0.3, -0.25) is 9.59 Å². The Morgan fingerprint density at radius 1 is 1.04 bits per heavy atom. The van der Waals surface area contributed by atoms with Crippen LogP contribution in [-0.2, 0) is 16.1 Å². The minimum Gasteiger partial charge on any atom is -0.468 e. The third kappa shape index (κ3) is 3.75. The van der Waals surface area contributed by atoms with Gasteiger partial charge in [0.05, 0.1) is 17.3 Å². The standard InChI is InChI=1S/C20H20N2O3S/c1-12-5-6-16-17(10-12)26-20(22(16)11-18(23)25-4)21-19(24)15-8-13(2)7-14(3)9-15/h5-10H,11H2,1-4H3. The molecule has 0 atom stereocenters. The van der Waals surface area contributed by atoms with Crippen LogP contribution in [0.3, 0.4) is 0 Å². The first-order valence-electron chi connectivity index (χ1n) is 8.21. The van der Waals surface area contributed by atoms with Crippen LogP contribution < -0.4 is 4.80 Å². The van der Waals surface area contributed by atoms with E-state index in [1.165, 1.54) is 18.4 Å². The topological polar surface area (TPSA) is 60.7 Å². The summed E-state index contributed by atoms with van der Waals surface area (Å²) in [4.78, 5) is 29.3. The average molecular weight is 368 g/mol. The molecule has 0 saturated heterocycles. The molecule has 0 aliphatic rings. The molecule has 3 aromatic rings. The van der Waals surface area contributed by atoms with E-state index in [0.29, 0.717) is 10.4 Å². The molecular formula is C20H20N2O3S. The quantitative estimate of drug-likeness (QED) is 0.664. The fraction of sp³-hybridized carbons (Fsp3) is 0.250. The van der Waals surface area contributed by atoms with Crippen LogP contribution in [-0.4, -0.2) is 23.6 Å². The summed E-state index contributed by atoms with van der Waals surface area (Å²) in [7, 11) is 1.35. The lowest BCUT2D eigenvalue weighted by Crippen LogP contribution is -2.22. The molecule has 0 aliphatic heterocycles. The second-order valence-corrected chi connectivity index (χ2v) is 7.32. The van der Waals surface area contributed by atoms with E-state index in [0.717, 1.165) is 26.9 Å². The Kier molecular flexibility index (Phi) is 5.04. The molecule has 1 heterocycles. The van der Waals surface area contributed by atoms with Crippen LogP contribution in [0.4, 0.5) is 0 Å². The Bertz CT molecular complexity index is 1060. The first-order valence-corrected chi connectivity index (χ1v) is 9.03. The van der Waals surface area contributed by atoms with Gasteiger partial charge in [-0.25, -0.2) is 0 Å². The Morgan fingerprint density at radius 2 is 1.73 bits per heavy atom. The predicted molar refractivity (Wildman–Crippen MR) is 102 cm³/mol. The number of hydrogen-bond acceptors (Lipinski definition) is 4. The number of carbonyl (C=O) groups is 2. The molecule has 1 aromatic heterocycles. The summed E-state index contributed by atoms with van der Waals surface area (Å²) in [5, 5.41) is 0. The molecule has 0 unspecified atom stereocenters. The number of aromatic nitrogens is 1. The lowest BCUT2D eigenvalue weighted by molar-refractivity contribution is -0.141. The smallest absolute Gasteiger partial charge is 0.325 e. The molecule has 134 valence electrons. The molecule has 0 bridgehead atoms. The predicted octanol–water partition coefficient (Wildman–Crippen LogP) is 3.54. The van der Waals surface area contributed by atoms with Crippen molar-refractivity contribution in [2.75, 3.05) is 7.11 Å². The van der Waals surface area contributed by atoms with Gasteiger partial charge in [-0.1, -0.05) is 34.6 Å². The second-order valence-electron chi connectivity index (χ2n) is 6.31. The van der Waals surface area contributed by atoms with Gasteiger partial charge in [0.15, 0.2) is 4.80 Å². The number of carbonyl (C=O) groups excluding carboxylic acids is 2. The van der Waals surface area contributed by atoms with Crippen LogP contribution in [0.15, 0.2) is 41.4 Å². The normalized spacial score (nSPS) is 11.8. The SMILES string of the molecule is COC(=O)Cn1c(=NC(=O)c2cc(C)cc(C)c2)sc2cc(C)ccc21. The Labute approximate surface area is 155 Å². The summed E-state index contributed by atoms with van der Waals surface area (Å²) in [5.74, 6) is -0.704. The van der Waals surface area contributed by atoms with Crippen LogP contribution in [0.5, 0.6) is 0 Å². The minimum absolute atomic E-state index is 0.0124. The van der Waals surface area contributed by atoms with Gasteiger partial charge in [-0.15, -0.1) is 0 Å². The molecule has 0 spiro atoms. The number of thiazole rings is 1. The zero-order valence-corrected chi connectivity index (χ0v) is 16.0. The Balaban J connectivity index is 2.15. The number of ether oxygens (including phenoxy) is 1. The largest absolute Gasteiger partial charge is 0.468 e. The van der Waals surface area contributed by atoms with Gasteiger partial charge >= 0.3 is 5.97 Å². The average Bonchev–Trinajstić information content (AvgIpc) is 2.90. The van der Waals surface area contributed by atoms with Gasteiger partial charge in [0.25, 0.3) is 5.91 Å². The van der Waals surface area contributed by atoms with E-state index in [1.54, 1.807) is 4.57 Å². The number of rotatable bonds is 3. The van der Waals surface area contributed by atoms with E-state index in [-0.39, 0.29) is 18.4 Å². The van der Waals surface area contributed by atoms with E-state index in [2.05, 4.69) is 4.99 Å². The van der Waals surface area contributed by atoms with E-state index < -0.39 is 0 Å². The molecule has 0 N–H and O–H groups in total. The van der Waals surface area contributed by atoms with Gasteiger partial charge in [0, 0.05) is 5.56 Å². The molecule has 0 saturated carbocycles. The maximum absolute atomic E-state index is 12.7. The lowest BCUT2D eigenvalue weighted by atomic mass is 10.1. The molecule has 0 fully saturated rings. The molecule has 5 nitrogen and oxygen atoms in total. The fourth-order valence-corrected chi connectivity index (χ4v) is 3.99. The van der Waals surface area contributed by atoms with Crippen LogP contribution in [0.1, 0.15) is 27.0 Å². The highest BCUT2D eigenvalue weighted by molar-refractivity contribution is 7.16. The molecule has 6 heteroatoms. The van der Waals surface area contributed by atoms with Gasteiger partial charge in [-0.05, 0) is 50.6 Å². The van der Waals surface area contributed by atoms with E-state index >= 15 is 0 Å². The first kappa shape index (κ1) is 18.1. The fourth-order valence-electron chi connectivity index (χ4n) is 2.86. The van der Waals surface area contributed by atoms with Crippen molar-refractivity contribution in [2.45, 2.75) is 27.3 Å². The molecule has 0 aliphatic carbocycles. The van der Waals surface area contributed by atoms with E-state index in [4.69, 9.17) is 4.74 Å². The maximum atomic E-state index is 12.7. The van der Waals surface area contributed by atoms with Crippen LogP contribution in [0.2, 0.25) is 0 Å². The number of amides is 1. The van der Waals surface area contributed by atoms with Crippen molar-refractivity contribution < 1.29 is 14.3 Å². The third-order valence-corrected chi connectivity index (χ3v) is 5.06. The highest BCUT2D eigenvalue weighted by atomic mass is 32.1. The van der Waals surface area contributed by atoms with Crippen molar-refractivity contribution >= 4 is 33.4 Å². The number of benzene rings is 2. The van der Waals surface area contributed by atoms with Crippen LogP contribution in [0.25, 0.3) is 10.2 Å². The van der Waals surface area contributed by atoms with Crippen molar-refractivity contribution in [3.8, 4) is 0 Å². The number of nitrogens with zero attached hydrogens (tertiary/aromatic N) is 2. The number of esters is 1. The molecule has 3 rings (SSSR count). The van der Waals surface area contributed by atoms with Crippen molar-refractivity contribution in [1.29, 1.82) is 0 Å². The van der Waals surface area contributed by atoms with E-state index in [1.807, 2.05) is 57.2 Å². The van der Waals surface area contributed by atoms with Crippen molar-refractivity contribution in [3.05, 3.63) is 63.5 Å². The summed E-state index contributed by atoms with van der Waals surface area (Å²) < 4.78 is 7.49. The summed E-state index contributed by atoms with van der Waals surface area (Å²) in [6, 6.07) is 11.6. The number of hydrogen-bond donors (Lipinski definition) is 0. The van der Waals surface area contributed by atoms with Crippen molar-refractivity contribution in [3.63, 3.8) is 0 Å². The molecule has 1 amide bonds. The zero-order chi connectivity index (χ0) is 18.8. The first-order chi connectivity index (χ1) is 12.4. The van der Waals surface area contributed by atoms with Crippen LogP contribution in [0, 0.1) is 20.8 Å². The summed E-state index contributed by atoms with van der Waals surface area (Å²) in [6.45, 7) is 5.91. The summed E-state index contributed by atoms with van der Waals surface area (Å²) >= 11 is 1.39. The van der Waals surface area contributed by atoms with Gasteiger partial charge in [0.1, 0.15) is 6.54 Å². The Morgan fingerprint density at radius 3 is 2.38 bits per heavy atom. The van der Waals surface area contributed by atoms with Gasteiger partial charge < -0.3 is 9.30 Å². The number of aryl methyl sites for hydroxylation is 3. The van der Waals surface area contributed by atoms with Gasteiger partial charge in [-0.2, -0.15) is 4.99 Å².